The van der Waals surface area contributed by atoms with Gasteiger partial charge in [-0.3, -0.25) is 4.79 Å². The monoisotopic (exact) mass is 292 g/mol. The number of carbonyl (C=O) groups is 1. The van der Waals surface area contributed by atoms with Crippen molar-refractivity contribution in [3.05, 3.63) is 23.3 Å². The third kappa shape index (κ3) is 2.25. The fraction of sp³-hybridized carbons (Fsp3) is 0.429. The van der Waals surface area contributed by atoms with Crippen LogP contribution in [0.3, 0.4) is 0 Å². The summed E-state index contributed by atoms with van der Waals surface area (Å²) in [5.74, 6) is 0.665. The summed E-state index contributed by atoms with van der Waals surface area (Å²) >= 11 is 1.23. The number of anilines is 1. The Morgan fingerprint density at radius 3 is 2.85 bits per heavy atom. The van der Waals surface area contributed by atoms with Crippen LogP contribution in [-0.4, -0.2) is 24.0 Å². The topological polar surface area (TPSA) is 78.4 Å². The fourth-order valence-corrected chi connectivity index (χ4v) is 3.32. The summed E-state index contributed by atoms with van der Waals surface area (Å²) in [6.45, 7) is 3.22. The van der Waals surface area contributed by atoms with Crippen molar-refractivity contribution in [1.82, 2.24) is 4.98 Å². The first-order valence-corrected chi connectivity index (χ1v) is 7.34. The molecule has 3 rings (SSSR count). The van der Waals surface area contributed by atoms with Gasteiger partial charge < -0.3 is 14.9 Å². The van der Waals surface area contributed by atoms with Crippen LogP contribution < -0.4 is 5.73 Å². The van der Waals surface area contributed by atoms with E-state index in [1.165, 1.54) is 11.3 Å². The molecule has 0 saturated carbocycles. The summed E-state index contributed by atoms with van der Waals surface area (Å²) < 4.78 is 10.7. The molecule has 5 nitrogen and oxygen atoms in total. The highest BCUT2D eigenvalue weighted by Crippen LogP contribution is 2.39. The molecular formula is C14H16N2O3S. The number of nitrogen functional groups attached to an aromatic ring is 1. The molecule has 1 aliphatic rings. The number of ketones is 1. The second-order valence-electron chi connectivity index (χ2n) is 5.21. The molecule has 0 spiro atoms. The summed E-state index contributed by atoms with van der Waals surface area (Å²) in [5.41, 5.74) is 5.93. The number of aromatic nitrogens is 1. The van der Waals surface area contributed by atoms with Crippen LogP contribution in [0, 0.1) is 5.41 Å². The maximum absolute atomic E-state index is 12.9. The Labute approximate surface area is 120 Å². The Kier molecular flexibility index (Phi) is 3.35. The molecule has 3 heterocycles. The van der Waals surface area contributed by atoms with E-state index in [0.29, 0.717) is 34.7 Å². The number of Topliss-reactive ketones (excluding diaryl/α,β-unsaturated/α-hetero) is 1. The zero-order valence-corrected chi connectivity index (χ0v) is 12.0. The van der Waals surface area contributed by atoms with Crippen LogP contribution in [-0.2, 0) is 4.74 Å². The van der Waals surface area contributed by atoms with Gasteiger partial charge in [0.15, 0.2) is 16.7 Å². The Morgan fingerprint density at radius 2 is 2.20 bits per heavy atom. The molecule has 0 aliphatic carbocycles. The predicted octanol–water partition coefficient (Wildman–Crippen LogP) is 2.98. The van der Waals surface area contributed by atoms with Crippen LogP contribution in [0.2, 0.25) is 0 Å². The Balaban J connectivity index is 2.00. The zero-order chi connectivity index (χ0) is 14.2. The van der Waals surface area contributed by atoms with Gasteiger partial charge in [0.25, 0.3) is 0 Å². The van der Waals surface area contributed by atoms with Crippen molar-refractivity contribution >= 4 is 22.3 Å². The second-order valence-corrected chi connectivity index (χ2v) is 6.24. The molecule has 2 aromatic rings. The molecular weight excluding hydrogens is 276 g/mol. The molecule has 0 radical (unpaired) electrons. The quantitative estimate of drug-likeness (QED) is 0.880. The molecule has 2 N–H and O–H groups in total. The Bertz CT molecular complexity index is 612. The van der Waals surface area contributed by atoms with Crippen molar-refractivity contribution in [3.63, 3.8) is 0 Å². The zero-order valence-electron chi connectivity index (χ0n) is 11.2. The minimum atomic E-state index is -0.404. The van der Waals surface area contributed by atoms with Crippen LogP contribution in [0.4, 0.5) is 5.13 Å². The number of hydrogen-bond donors (Lipinski definition) is 1. The highest BCUT2D eigenvalue weighted by Gasteiger charge is 2.38. The van der Waals surface area contributed by atoms with Crippen molar-refractivity contribution in [1.29, 1.82) is 0 Å². The van der Waals surface area contributed by atoms with E-state index in [0.717, 1.165) is 12.8 Å². The van der Waals surface area contributed by atoms with Gasteiger partial charge in [-0.1, -0.05) is 18.3 Å². The van der Waals surface area contributed by atoms with E-state index in [1.807, 2.05) is 6.92 Å². The number of furan rings is 1. The summed E-state index contributed by atoms with van der Waals surface area (Å²) in [6, 6.07) is 3.56. The molecule has 0 atom stereocenters. The van der Waals surface area contributed by atoms with Gasteiger partial charge in [0, 0.05) is 18.6 Å². The van der Waals surface area contributed by atoms with Gasteiger partial charge in [0.1, 0.15) is 10.6 Å². The molecule has 1 saturated heterocycles. The average molecular weight is 292 g/mol. The van der Waals surface area contributed by atoms with Crippen LogP contribution in [0.1, 0.15) is 29.4 Å². The largest absolute Gasteiger partial charge is 0.463 e. The fourth-order valence-electron chi connectivity index (χ4n) is 2.39. The van der Waals surface area contributed by atoms with E-state index in [2.05, 4.69) is 4.98 Å². The van der Waals surface area contributed by atoms with Gasteiger partial charge in [-0.15, -0.1) is 0 Å². The van der Waals surface area contributed by atoms with Crippen molar-refractivity contribution in [3.8, 4) is 11.5 Å². The summed E-state index contributed by atoms with van der Waals surface area (Å²) in [5, 5.41) is 0.385. The van der Waals surface area contributed by atoms with E-state index in [-0.39, 0.29) is 5.78 Å². The molecule has 0 amide bonds. The number of nitrogens with two attached hydrogens (primary N) is 1. The predicted molar refractivity (Wildman–Crippen MR) is 76.7 cm³/mol. The first-order chi connectivity index (χ1) is 9.60. The molecule has 0 bridgehead atoms. The number of ether oxygens (including phenoxy) is 1. The minimum Gasteiger partial charge on any atom is -0.463 e. The third-order valence-electron chi connectivity index (χ3n) is 3.75. The van der Waals surface area contributed by atoms with E-state index < -0.39 is 5.41 Å². The maximum atomic E-state index is 12.9. The lowest BCUT2D eigenvalue weighted by molar-refractivity contribution is 0.0238. The van der Waals surface area contributed by atoms with Gasteiger partial charge >= 0.3 is 0 Å². The van der Waals surface area contributed by atoms with Crippen molar-refractivity contribution < 1.29 is 13.9 Å². The second kappa shape index (κ2) is 5.03. The van der Waals surface area contributed by atoms with Gasteiger partial charge in [-0.25, -0.2) is 4.98 Å². The lowest BCUT2D eigenvalue weighted by Gasteiger charge is -2.31. The Morgan fingerprint density at radius 1 is 1.45 bits per heavy atom. The number of hydrogen-bond acceptors (Lipinski definition) is 6. The van der Waals surface area contributed by atoms with E-state index >= 15 is 0 Å². The van der Waals surface area contributed by atoms with Crippen LogP contribution >= 0.6 is 11.3 Å². The molecule has 0 aromatic carbocycles. The first kappa shape index (κ1) is 13.3. The van der Waals surface area contributed by atoms with Crippen molar-refractivity contribution in [2.75, 3.05) is 18.9 Å². The lowest BCUT2D eigenvalue weighted by atomic mass is 9.77. The van der Waals surface area contributed by atoms with Gasteiger partial charge in [0.05, 0.1) is 6.26 Å². The summed E-state index contributed by atoms with van der Waals surface area (Å²) in [6.07, 6.45) is 3.01. The lowest BCUT2D eigenvalue weighted by Crippen LogP contribution is -2.34. The third-order valence-corrected chi connectivity index (χ3v) is 4.63. The van der Waals surface area contributed by atoms with Gasteiger partial charge in [-0.2, -0.15) is 0 Å². The van der Waals surface area contributed by atoms with Crippen molar-refractivity contribution in [2.45, 2.75) is 19.8 Å². The highest BCUT2D eigenvalue weighted by atomic mass is 32.1. The Hall–Kier alpha value is -1.66. The highest BCUT2D eigenvalue weighted by molar-refractivity contribution is 7.17. The molecule has 1 fully saturated rings. The number of rotatable bonds is 3. The van der Waals surface area contributed by atoms with Gasteiger partial charge in [-0.05, 0) is 25.0 Å². The molecule has 0 unspecified atom stereocenters. The normalized spacial score (nSPS) is 18.1. The smallest absolute Gasteiger partial charge is 0.181 e. The minimum absolute atomic E-state index is 0.0846. The SMILES string of the molecule is CC1(C(=O)c2sc(N)nc2-c2ccco2)CCOCC1. The summed E-state index contributed by atoms with van der Waals surface area (Å²) in [4.78, 5) is 17.7. The van der Waals surface area contributed by atoms with Crippen LogP contribution in [0.5, 0.6) is 0 Å². The standard InChI is InChI=1S/C14H16N2O3S/c1-14(4-7-18-8-5-14)12(17)11-10(16-13(15)20-11)9-3-2-6-19-9/h2-3,6H,4-5,7-8H2,1H3,(H2,15,16). The molecule has 1 aliphatic heterocycles. The maximum Gasteiger partial charge on any atom is 0.181 e. The molecule has 2 aromatic heterocycles. The number of thiazole rings is 1. The molecule has 106 valence electrons. The van der Waals surface area contributed by atoms with Crippen LogP contribution in [0.25, 0.3) is 11.5 Å². The van der Waals surface area contributed by atoms with E-state index in [4.69, 9.17) is 14.9 Å². The van der Waals surface area contributed by atoms with Crippen LogP contribution in [0.15, 0.2) is 22.8 Å². The van der Waals surface area contributed by atoms with Gasteiger partial charge in [0.2, 0.25) is 0 Å². The van der Waals surface area contributed by atoms with Crippen molar-refractivity contribution in [2.24, 2.45) is 5.41 Å². The van der Waals surface area contributed by atoms with E-state index in [1.54, 1.807) is 18.4 Å². The average Bonchev–Trinajstić information content (AvgIpc) is 3.07. The number of carbonyl (C=O) groups excluding carboxylic acids is 1. The summed E-state index contributed by atoms with van der Waals surface area (Å²) in [7, 11) is 0. The number of nitrogens with zero attached hydrogens (tertiary/aromatic N) is 1. The van der Waals surface area contributed by atoms with E-state index in [9.17, 15) is 4.79 Å². The first-order valence-electron chi connectivity index (χ1n) is 6.53. The molecule has 20 heavy (non-hydrogen) atoms. The molecule has 6 heteroatoms.